The van der Waals surface area contributed by atoms with Crippen LogP contribution in [0, 0.1) is 20.8 Å². The first-order valence-corrected chi connectivity index (χ1v) is 5.21. The topological polar surface area (TPSA) is 21.3 Å². The van der Waals surface area contributed by atoms with E-state index in [1.807, 2.05) is 13.8 Å². The largest absolute Gasteiger partial charge is 0.496 e. The molecule has 0 aliphatic carbocycles. The zero-order chi connectivity index (χ0) is 13.2. The summed E-state index contributed by atoms with van der Waals surface area (Å²) >= 11 is 0. The third kappa shape index (κ3) is 3.28. The van der Waals surface area contributed by atoms with Gasteiger partial charge < -0.3 is 10.1 Å². The van der Waals surface area contributed by atoms with Gasteiger partial charge in [-0.1, -0.05) is 0 Å². The Morgan fingerprint density at radius 1 is 1.18 bits per heavy atom. The average molecular weight is 247 g/mol. The Labute approximate surface area is 98.8 Å². The number of halogens is 3. The lowest BCUT2D eigenvalue weighted by Crippen LogP contribution is -2.22. The van der Waals surface area contributed by atoms with E-state index in [2.05, 4.69) is 5.32 Å². The van der Waals surface area contributed by atoms with Crippen LogP contribution >= 0.6 is 0 Å². The maximum Gasteiger partial charge on any atom is 0.405 e. The monoisotopic (exact) mass is 247 g/mol. The van der Waals surface area contributed by atoms with Crippen LogP contribution in [0.1, 0.15) is 16.7 Å². The minimum atomic E-state index is -4.21. The molecule has 0 aliphatic heterocycles. The van der Waals surface area contributed by atoms with Gasteiger partial charge in [0.25, 0.3) is 0 Å². The van der Waals surface area contributed by atoms with E-state index in [0.717, 1.165) is 22.4 Å². The molecular weight excluding hydrogens is 231 g/mol. The Balaban J connectivity index is 3.03. The molecule has 0 atom stereocenters. The van der Waals surface area contributed by atoms with Crippen LogP contribution in [0.3, 0.4) is 0 Å². The van der Waals surface area contributed by atoms with Gasteiger partial charge in [-0.25, -0.2) is 0 Å². The molecule has 0 unspecified atom stereocenters. The van der Waals surface area contributed by atoms with Gasteiger partial charge >= 0.3 is 6.18 Å². The van der Waals surface area contributed by atoms with E-state index < -0.39 is 12.7 Å². The van der Waals surface area contributed by atoms with Crippen LogP contribution in [0.25, 0.3) is 0 Å². The summed E-state index contributed by atoms with van der Waals surface area (Å²) in [6.07, 6.45) is -4.21. The number of hydrogen-bond donors (Lipinski definition) is 1. The molecule has 0 spiro atoms. The predicted octanol–water partition coefficient (Wildman–Crippen LogP) is 3.59. The second-order valence-corrected chi connectivity index (χ2v) is 3.99. The maximum atomic E-state index is 12.1. The van der Waals surface area contributed by atoms with E-state index >= 15 is 0 Å². The van der Waals surface area contributed by atoms with Crippen molar-refractivity contribution in [2.45, 2.75) is 26.9 Å². The number of hydrogen-bond acceptors (Lipinski definition) is 2. The highest BCUT2D eigenvalue weighted by Gasteiger charge is 2.27. The number of benzene rings is 1. The molecule has 0 heterocycles. The Morgan fingerprint density at radius 3 is 2.24 bits per heavy atom. The summed E-state index contributed by atoms with van der Waals surface area (Å²) in [5, 5.41) is 2.41. The van der Waals surface area contributed by atoms with E-state index in [1.54, 1.807) is 20.1 Å². The van der Waals surface area contributed by atoms with Gasteiger partial charge in [-0.15, -0.1) is 0 Å². The quantitative estimate of drug-likeness (QED) is 0.881. The van der Waals surface area contributed by atoms with Crippen LogP contribution in [0.2, 0.25) is 0 Å². The molecule has 0 amide bonds. The molecule has 1 rings (SSSR count). The third-order valence-corrected chi connectivity index (χ3v) is 2.71. The summed E-state index contributed by atoms with van der Waals surface area (Å²) < 4.78 is 41.6. The Morgan fingerprint density at radius 2 is 1.76 bits per heavy atom. The minimum Gasteiger partial charge on any atom is -0.496 e. The first-order valence-electron chi connectivity index (χ1n) is 5.21. The molecule has 0 fully saturated rings. The normalized spacial score (nSPS) is 11.5. The molecule has 1 aromatic rings. The van der Waals surface area contributed by atoms with Gasteiger partial charge in [0.1, 0.15) is 12.3 Å². The highest BCUT2D eigenvalue weighted by Crippen LogP contribution is 2.31. The summed E-state index contributed by atoms with van der Waals surface area (Å²) in [5.41, 5.74) is 2.95. The molecule has 1 N–H and O–H groups in total. The van der Waals surface area contributed by atoms with Gasteiger partial charge in [0.15, 0.2) is 0 Å². The molecule has 17 heavy (non-hydrogen) atoms. The summed E-state index contributed by atoms with van der Waals surface area (Å²) in [7, 11) is 1.55. The predicted molar refractivity (Wildman–Crippen MR) is 61.7 cm³/mol. The number of ether oxygens (including phenoxy) is 1. The molecule has 0 aromatic heterocycles. The Hall–Kier alpha value is -1.39. The fraction of sp³-hybridized carbons (Fsp3) is 0.500. The fourth-order valence-corrected chi connectivity index (χ4v) is 1.75. The van der Waals surface area contributed by atoms with Crippen LogP contribution < -0.4 is 10.1 Å². The molecule has 0 saturated carbocycles. The highest BCUT2D eigenvalue weighted by molar-refractivity contribution is 5.61. The Kier molecular flexibility index (Phi) is 3.91. The smallest absolute Gasteiger partial charge is 0.405 e. The molecular formula is C12H16F3NO. The number of nitrogens with one attached hydrogen (secondary N) is 1. The van der Waals surface area contributed by atoms with Crippen molar-refractivity contribution < 1.29 is 17.9 Å². The number of anilines is 1. The van der Waals surface area contributed by atoms with Crippen LogP contribution in [-0.2, 0) is 0 Å². The number of methoxy groups -OCH3 is 1. The second-order valence-electron chi connectivity index (χ2n) is 3.99. The van der Waals surface area contributed by atoms with E-state index in [-0.39, 0.29) is 0 Å². The second kappa shape index (κ2) is 4.85. The van der Waals surface area contributed by atoms with Crippen molar-refractivity contribution in [3.63, 3.8) is 0 Å². The SMILES string of the molecule is COc1c(C)cc(NCC(F)(F)F)c(C)c1C. The fourth-order valence-electron chi connectivity index (χ4n) is 1.75. The number of aryl methyl sites for hydroxylation is 1. The van der Waals surface area contributed by atoms with E-state index in [0.29, 0.717) is 5.69 Å². The third-order valence-electron chi connectivity index (χ3n) is 2.71. The first-order chi connectivity index (χ1) is 7.76. The minimum absolute atomic E-state index is 0.498. The summed E-state index contributed by atoms with van der Waals surface area (Å²) in [6.45, 7) is 4.39. The maximum absolute atomic E-state index is 12.1. The summed E-state index contributed by atoms with van der Waals surface area (Å²) in [4.78, 5) is 0. The molecule has 96 valence electrons. The lowest BCUT2D eigenvalue weighted by atomic mass is 10.0. The number of alkyl halides is 3. The summed E-state index contributed by atoms with van der Waals surface area (Å²) in [6, 6.07) is 1.67. The number of rotatable bonds is 3. The lowest BCUT2D eigenvalue weighted by molar-refractivity contribution is -0.115. The van der Waals surface area contributed by atoms with Crippen LogP contribution in [0.5, 0.6) is 5.75 Å². The van der Waals surface area contributed by atoms with Gasteiger partial charge in [-0.3, -0.25) is 0 Å². The zero-order valence-electron chi connectivity index (χ0n) is 10.3. The molecule has 2 nitrogen and oxygen atoms in total. The highest BCUT2D eigenvalue weighted by atomic mass is 19.4. The molecule has 5 heteroatoms. The van der Waals surface area contributed by atoms with Gasteiger partial charge in [0, 0.05) is 5.69 Å². The van der Waals surface area contributed by atoms with Crippen molar-refractivity contribution in [2.75, 3.05) is 19.0 Å². The van der Waals surface area contributed by atoms with Crippen molar-refractivity contribution in [2.24, 2.45) is 0 Å². The van der Waals surface area contributed by atoms with Crippen molar-refractivity contribution in [3.05, 3.63) is 22.8 Å². The van der Waals surface area contributed by atoms with Crippen LogP contribution in [0.15, 0.2) is 6.07 Å². The van der Waals surface area contributed by atoms with Crippen molar-refractivity contribution in [1.82, 2.24) is 0 Å². The Bertz CT molecular complexity index is 413. The van der Waals surface area contributed by atoms with E-state index in [1.165, 1.54) is 0 Å². The van der Waals surface area contributed by atoms with Gasteiger partial charge in [-0.2, -0.15) is 13.2 Å². The van der Waals surface area contributed by atoms with Crippen molar-refractivity contribution >= 4 is 5.69 Å². The molecule has 0 aliphatic rings. The van der Waals surface area contributed by atoms with Crippen LogP contribution in [0.4, 0.5) is 18.9 Å². The van der Waals surface area contributed by atoms with Crippen molar-refractivity contribution in [1.29, 1.82) is 0 Å². The molecule has 0 radical (unpaired) electrons. The van der Waals surface area contributed by atoms with Gasteiger partial charge in [-0.05, 0) is 43.5 Å². The average Bonchev–Trinajstić information content (AvgIpc) is 2.21. The van der Waals surface area contributed by atoms with Crippen LogP contribution in [-0.4, -0.2) is 19.8 Å². The van der Waals surface area contributed by atoms with Crippen molar-refractivity contribution in [3.8, 4) is 5.75 Å². The lowest BCUT2D eigenvalue weighted by Gasteiger charge is -2.17. The first kappa shape index (κ1) is 13.7. The zero-order valence-corrected chi connectivity index (χ0v) is 10.3. The molecule has 1 aromatic carbocycles. The van der Waals surface area contributed by atoms with E-state index in [4.69, 9.17) is 4.74 Å². The summed E-state index contributed by atoms with van der Waals surface area (Å²) in [5.74, 6) is 0.722. The standard InChI is InChI=1S/C12H16F3NO/c1-7-5-10(16-6-12(13,14)15)8(2)9(3)11(7)17-4/h5,16H,6H2,1-4H3. The molecule has 0 bridgehead atoms. The van der Waals surface area contributed by atoms with Gasteiger partial charge in [0.05, 0.1) is 7.11 Å². The van der Waals surface area contributed by atoms with Gasteiger partial charge in [0.2, 0.25) is 0 Å². The molecule has 0 saturated heterocycles. The van der Waals surface area contributed by atoms with E-state index in [9.17, 15) is 13.2 Å².